The lowest BCUT2D eigenvalue weighted by atomic mass is 10.1. The van der Waals surface area contributed by atoms with Crippen molar-refractivity contribution < 1.29 is 40.2 Å². The summed E-state index contributed by atoms with van der Waals surface area (Å²) in [6, 6.07) is 9.78. The summed E-state index contributed by atoms with van der Waals surface area (Å²) in [7, 11) is -3.58. The minimum atomic E-state index is -3.58. The number of pyridine rings is 1. The number of aryl methyl sites for hydroxylation is 1. The molecule has 0 fully saturated rings. The van der Waals surface area contributed by atoms with Gasteiger partial charge in [0, 0.05) is 33.3 Å². The average Bonchev–Trinajstić information content (AvgIpc) is 3.22. The van der Waals surface area contributed by atoms with E-state index < -0.39 is 39.9 Å². The van der Waals surface area contributed by atoms with Crippen molar-refractivity contribution in [3.05, 3.63) is 86.7 Å². The minimum absolute atomic E-state index is 0.0372. The van der Waals surface area contributed by atoms with E-state index in [-0.39, 0.29) is 44.9 Å². The second-order valence-corrected chi connectivity index (χ2v) is 12.0. The van der Waals surface area contributed by atoms with Gasteiger partial charge >= 0.3 is 6.61 Å². The monoisotopic (exact) mass is 629 g/mol. The van der Waals surface area contributed by atoms with Crippen LogP contribution in [0.4, 0.5) is 28.9 Å². The lowest BCUT2D eigenvalue weighted by molar-refractivity contribution is -0.0500. The van der Waals surface area contributed by atoms with E-state index in [9.17, 15) is 30.8 Å². The molecule has 0 unspecified atom stereocenters. The fourth-order valence-electron chi connectivity index (χ4n) is 3.73. The number of anilines is 2. The Kier molecular flexibility index (Phi) is 9.05. The van der Waals surface area contributed by atoms with Crippen LogP contribution in [-0.2, 0) is 16.6 Å². The van der Waals surface area contributed by atoms with Crippen molar-refractivity contribution in [2.75, 3.05) is 16.3 Å². The largest absolute Gasteiger partial charge is 0.487 e. The van der Waals surface area contributed by atoms with E-state index in [4.69, 9.17) is 16.3 Å². The topological polar surface area (TPSA) is 107 Å². The number of amides is 1. The summed E-state index contributed by atoms with van der Waals surface area (Å²) in [6.07, 6.45) is 1.93. The van der Waals surface area contributed by atoms with Crippen LogP contribution < -0.4 is 19.5 Å². The Morgan fingerprint density at radius 3 is 2.49 bits per heavy atom. The van der Waals surface area contributed by atoms with E-state index in [1.54, 1.807) is 6.92 Å². The summed E-state index contributed by atoms with van der Waals surface area (Å²) in [5.41, 5.74) is 1.16. The third kappa shape index (κ3) is 8.31. The fourth-order valence-corrected chi connectivity index (χ4v) is 5.42. The molecule has 2 aromatic heterocycles. The Labute approximate surface area is 241 Å². The predicted octanol–water partition coefficient (Wildman–Crippen LogP) is 6.85. The predicted molar refractivity (Wildman–Crippen MR) is 147 cm³/mol. The van der Waals surface area contributed by atoms with Gasteiger partial charge in [0.2, 0.25) is 10.0 Å². The first-order valence-electron chi connectivity index (χ1n) is 11.5. The number of sulfonamides is 1. The number of benzene rings is 2. The van der Waals surface area contributed by atoms with E-state index >= 15 is 0 Å². The van der Waals surface area contributed by atoms with Gasteiger partial charge in [-0.05, 0) is 48.9 Å². The summed E-state index contributed by atoms with van der Waals surface area (Å²) in [5.74, 6) is -2.53. The second-order valence-electron chi connectivity index (χ2n) is 8.60. The highest BCUT2D eigenvalue weighted by Crippen LogP contribution is 2.36. The number of hydrogen-bond donors (Lipinski definition) is 2. The molecule has 0 saturated heterocycles. The summed E-state index contributed by atoms with van der Waals surface area (Å²) in [4.78, 5) is 18.0. The lowest BCUT2D eigenvalue weighted by Gasteiger charge is -2.12. The second kappa shape index (κ2) is 12.3. The zero-order valence-electron chi connectivity index (χ0n) is 21.2. The number of hydrogen-bond acceptors (Lipinski definition) is 7. The molecule has 4 rings (SSSR count). The van der Waals surface area contributed by atoms with Gasteiger partial charge in [0.1, 0.15) is 35.4 Å². The number of alkyl halides is 2. The first-order valence-corrected chi connectivity index (χ1v) is 14.6. The van der Waals surface area contributed by atoms with Crippen LogP contribution in [-0.4, -0.2) is 32.2 Å². The molecule has 8 nitrogen and oxygen atoms in total. The molecule has 0 atom stereocenters. The molecule has 216 valence electrons. The van der Waals surface area contributed by atoms with Gasteiger partial charge in [-0.25, -0.2) is 22.2 Å². The van der Waals surface area contributed by atoms with Crippen LogP contribution in [0.5, 0.6) is 11.5 Å². The molecule has 4 aromatic rings. The molecule has 0 aliphatic rings. The quantitative estimate of drug-likeness (QED) is 0.186. The summed E-state index contributed by atoms with van der Waals surface area (Å²) < 4.78 is 88.4. The van der Waals surface area contributed by atoms with Crippen molar-refractivity contribution in [1.82, 2.24) is 4.98 Å². The molecule has 2 N–H and O–H groups in total. The molecule has 0 radical (unpaired) electrons. The maximum atomic E-state index is 14.1. The van der Waals surface area contributed by atoms with Gasteiger partial charge in [-0.15, -0.1) is 11.3 Å². The number of halogens is 5. The Bertz CT molecular complexity index is 1720. The normalized spacial score (nSPS) is 11.4. The molecular formula is C26H20ClF4N3O5S2. The van der Waals surface area contributed by atoms with Crippen LogP contribution >= 0.6 is 22.9 Å². The van der Waals surface area contributed by atoms with E-state index in [0.717, 1.165) is 48.1 Å². The molecule has 0 spiro atoms. The van der Waals surface area contributed by atoms with Crippen LogP contribution in [0.3, 0.4) is 0 Å². The van der Waals surface area contributed by atoms with Crippen molar-refractivity contribution >= 4 is 50.2 Å². The highest BCUT2D eigenvalue weighted by Gasteiger charge is 2.19. The Balaban J connectivity index is 1.57. The van der Waals surface area contributed by atoms with E-state index in [1.807, 2.05) is 0 Å². The van der Waals surface area contributed by atoms with Crippen LogP contribution in [0.1, 0.15) is 20.1 Å². The van der Waals surface area contributed by atoms with Gasteiger partial charge < -0.3 is 14.8 Å². The van der Waals surface area contributed by atoms with E-state index in [0.29, 0.717) is 10.4 Å². The Hall–Kier alpha value is -3.88. The van der Waals surface area contributed by atoms with Crippen LogP contribution in [0.2, 0.25) is 5.02 Å². The summed E-state index contributed by atoms with van der Waals surface area (Å²) >= 11 is 7.17. The maximum absolute atomic E-state index is 14.1. The smallest absolute Gasteiger partial charge is 0.387 e. The first-order chi connectivity index (χ1) is 19.3. The zero-order valence-corrected chi connectivity index (χ0v) is 23.6. The van der Waals surface area contributed by atoms with Crippen molar-refractivity contribution in [3.63, 3.8) is 0 Å². The third-order valence-corrected chi connectivity index (χ3v) is 7.10. The zero-order chi connectivity index (χ0) is 29.9. The number of carbonyl (C=O) groups excluding carboxylic acids is 1. The molecule has 0 aliphatic heterocycles. The van der Waals surface area contributed by atoms with Crippen molar-refractivity contribution in [1.29, 1.82) is 0 Å². The van der Waals surface area contributed by atoms with Crippen LogP contribution in [0, 0.1) is 18.6 Å². The molecule has 2 heterocycles. The maximum Gasteiger partial charge on any atom is 0.387 e. The first kappa shape index (κ1) is 30.1. The molecule has 0 bridgehead atoms. The van der Waals surface area contributed by atoms with Gasteiger partial charge in [-0.2, -0.15) is 8.78 Å². The van der Waals surface area contributed by atoms with Gasteiger partial charge in [0.15, 0.2) is 0 Å². The Morgan fingerprint density at radius 1 is 1.05 bits per heavy atom. The van der Waals surface area contributed by atoms with Gasteiger partial charge in [-0.1, -0.05) is 11.6 Å². The number of aromatic nitrogens is 1. The molecule has 15 heteroatoms. The summed E-state index contributed by atoms with van der Waals surface area (Å²) in [6.45, 7) is -1.77. The van der Waals surface area contributed by atoms with Crippen LogP contribution in [0.15, 0.2) is 54.7 Å². The van der Waals surface area contributed by atoms with Crippen molar-refractivity contribution in [3.8, 4) is 22.8 Å². The average molecular weight is 630 g/mol. The number of ether oxygens (including phenoxy) is 2. The standard InChI is InChI=1S/C26H20ClF4N3O5S2/c1-13-21(10-23(40-13)25(35)33-18-5-15(27)6-19(9-18)34-41(2,36)37)24-22(8-17(29)11-32-24)38-12-14-3-16(28)7-20(4-14)39-26(30)31/h3-11,26,34H,12H2,1-2H3,(H,33,35). The SMILES string of the molecule is Cc1sc(C(=O)Nc2cc(Cl)cc(NS(C)(=O)=O)c2)cc1-c1ncc(F)cc1OCc1cc(F)cc(OC(F)F)c1. The molecule has 2 aromatic carbocycles. The molecule has 0 aliphatic carbocycles. The molecule has 1 amide bonds. The number of carbonyl (C=O) groups is 1. The highest BCUT2D eigenvalue weighted by molar-refractivity contribution is 7.92. The number of nitrogens with zero attached hydrogens (tertiary/aromatic N) is 1. The van der Waals surface area contributed by atoms with Gasteiger partial charge in [-0.3, -0.25) is 9.52 Å². The summed E-state index contributed by atoms with van der Waals surface area (Å²) in [5, 5.41) is 2.83. The fraction of sp³-hybridized carbons (Fsp3) is 0.154. The molecule has 0 saturated carbocycles. The van der Waals surface area contributed by atoms with Crippen molar-refractivity contribution in [2.24, 2.45) is 0 Å². The minimum Gasteiger partial charge on any atom is -0.487 e. The Morgan fingerprint density at radius 2 is 1.78 bits per heavy atom. The number of rotatable bonds is 10. The van der Waals surface area contributed by atoms with Gasteiger partial charge in [0.05, 0.1) is 23.0 Å². The number of nitrogens with one attached hydrogen (secondary N) is 2. The molecular weight excluding hydrogens is 610 g/mol. The molecule has 41 heavy (non-hydrogen) atoms. The van der Waals surface area contributed by atoms with E-state index in [2.05, 4.69) is 19.8 Å². The van der Waals surface area contributed by atoms with Crippen molar-refractivity contribution in [2.45, 2.75) is 20.1 Å². The van der Waals surface area contributed by atoms with Crippen LogP contribution in [0.25, 0.3) is 11.3 Å². The van der Waals surface area contributed by atoms with Gasteiger partial charge in [0.25, 0.3) is 5.91 Å². The number of thiophene rings is 1. The highest BCUT2D eigenvalue weighted by atomic mass is 35.5. The third-order valence-electron chi connectivity index (χ3n) is 5.23. The lowest BCUT2D eigenvalue weighted by Crippen LogP contribution is -2.12. The van der Waals surface area contributed by atoms with E-state index in [1.165, 1.54) is 24.3 Å².